The van der Waals surface area contributed by atoms with Crippen molar-refractivity contribution in [3.05, 3.63) is 23.8 Å². The summed E-state index contributed by atoms with van der Waals surface area (Å²) in [5.74, 6) is 0.649. The van der Waals surface area contributed by atoms with E-state index in [0.717, 1.165) is 62.9 Å². The van der Waals surface area contributed by atoms with E-state index in [2.05, 4.69) is 10.6 Å². The molecule has 0 bridgehead atoms. The van der Waals surface area contributed by atoms with Gasteiger partial charge in [0.1, 0.15) is 5.75 Å². The van der Waals surface area contributed by atoms with E-state index in [1.807, 2.05) is 18.2 Å². The van der Waals surface area contributed by atoms with Gasteiger partial charge in [0, 0.05) is 6.54 Å². The lowest BCUT2D eigenvalue weighted by Gasteiger charge is -2.18. The number of amides is 3. The number of fused-ring (bicyclic) bond motifs is 2. The van der Waals surface area contributed by atoms with Crippen LogP contribution in [0, 0.1) is 11.8 Å². The maximum absolute atomic E-state index is 12.3. The number of carbonyl (C=O) groups is 3. The molecule has 1 aromatic rings. The van der Waals surface area contributed by atoms with Gasteiger partial charge in [-0.05, 0) is 62.9 Å². The summed E-state index contributed by atoms with van der Waals surface area (Å²) in [4.78, 5) is 37.5. The molecule has 2 heterocycles. The number of ether oxygens (including phenoxy) is 1. The molecule has 2 unspecified atom stereocenters. The summed E-state index contributed by atoms with van der Waals surface area (Å²) >= 11 is 0. The number of benzene rings is 1. The number of imide groups is 1. The summed E-state index contributed by atoms with van der Waals surface area (Å²) in [6.45, 7) is 2.31. The highest BCUT2D eigenvalue weighted by atomic mass is 16.5. The number of hydrogen-bond acceptors (Lipinski definition) is 5. The molecule has 0 aromatic heterocycles. The monoisotopic (exact) mass is 385 g/mol. The highest BCUT2D eigenvalue weighted by Gasteiger charge is 2.49. The highest BCUT2D eigenvalue weighted by Crippen LogP contribution is 2.39. The van der Waals surface area contributed by atoms with Gasteiger partial charge >= 0.3 is 0 Å². The Bertz CT molecular complexity index is 757. The molecule has 28 heavy (non-hydrogen) atoms. The van der Waals surface area contributed by atoms with Crippen LogP contribution in [0.25, 0.3) is 0 Å². The minimum atomic E-state index is -0.124. The van der Waals surface area contributed by atoms with Crippen molar-refractivity contribution in [3.63, 3.8) is 0 Å². The summed E-state index contributed by atoms with van der Waals surface area (Å²) in [6.07, 6.45) is 5.40. The third-order valence-electron chi connectivity index (χ3n) is 5.93. The van der Waals surface area contributed by atoms with Crippen LogP contribution in [-0.4, -0.2) is 48.9 Å². The molecule has 150 valence electrons. The molecule has 1 aliphatic carbocycles. The molecule has 2 N–H and O–H groups in total. The van der Waals surface area contributed by atoms with Crippen LogP contribution in [0.4, 0.5) is 5.69 Å². The first-order valence-corrected chi connectivity index (χ1v) is 10.2. The van der Waals surface area contributed by atoms with Crippen molar-refractivity contribution in [1.82, 2.24) is 10.2 Å². The van der Waals surface area contributed by atoms with E-state index in [0.29, 0.717) is 12.3 Å². The van der Waals surface area contributed by atoms with Crippen molar-refractivity contribution >= 4 is 23.4 Å². The lowest BCUT2D eigenvalue weighted by atomic mass is 10.00. The Morgan fingerprint density at radius 3 is 2.64 bits per heavy atom. The normalized spacial score (nSPS) is 23.4. The Morgan fingerprint density at radius 2 is 1.86 bits per heavy atom. The van der Waals surface area contributed by atoms with E-state index >= 15 is 0 Å². The Morgan fingerprint density at radius 1 is 1.07 bits per heavy atom. The predicted molar refractivity (Wildman–Crippen MR) is 104 cm³/mol. The zero-order valence-corrected chi connectivity index (χ0v) is 16.0. The number of likely N-dealkylation sites (tertiary alicyclic amines) is 1. The molecule has 3 aliphatic rings. The lowest BCUT2D eigenvalue weighted by Crippen LogP contribution is -2.33. The average molecular weight is 385 g/mol. The molecule has 1 saturated heterocycles. The lowest BCUT2D eigenvalue weighted by molar-refractivity contribution is -0.140. The van der Waals surface area contributed by atoms with E-state index in [1.165, 1.54) is 4.90 Å². The fraction of sp³-hybridized carbons (Fsp3) is 0.571. The molecule has 3 amide bonds. The highest BCUT2D eigenvalue weighted by molar-refractivity contribution is 6.05. The summed E-state index contributed by atoms with van der Waals surface area (Å²) < 4.78 is 5.36. The van der Waals surface area contributed by atoms with Crippen LogP contribution in [0.1, 0.15) is 37.7 Å². The third-order valence-corrected chi connectivity index (χ3v) is 5.93. The molecule has 2 atom stereocenters. The van der Waals surface area contributed by atoms with Gasteiger partial charge in [-0.15, -0.1) is 0 Å². The second kappa shape index (κ2) is 8.31. The molecule has 2 fully saturated rings. The topological polar surface area (TPSA) is 87.7 Å². The van der Waals surface area contributed by atoms with E-state index < -0.39 is 0 Å². The molecule has 2 aliphatic heterocycles. The van der Waals surface area contributed by atoms with Crippen molar-refractivity contribution in [2.24, 2.45) is 11.8 Å². The van der Waals surface area contributed by atoms with Crippen molar-refractivity contribution < 1.29 is 19.1 Å². The summed E-state index contributed by atoms with van der Waals surface area (Å²) in [6, 6.07) is 5.86. The average Bonchev–Trinajstić information content (AvgIpc) is 3.26. The van der Waals surface area contributed by atoms with Crippen LogP contribution >= 0.6 is 0 Å². The number of rotatable bonds is 8. The number of anilines is 1. The maximum atomic E-state index is 12.3. The molecule has 4 rings (SSSR count). The fourth-order valence-corrected chi connectivity index (χ4v) is 4.44. The summed E-state index contributed by atoms with van der Waals surface area (Å²) in [5, 5.41) is 6.23. The first-order chi connectivity index (χ1) is 13.6. The number of nitrogens with one attached hydrogen (secondary N) is 2. The van der Waals surface area contributed by atoms with Gasteiger partial charge < -0.3 is 15.4 Å². The van der Waals surface area contributed by atoms with Gasteiger partial charge in [0.2, 0.25) is 11.8 Å². The Kier molecular flexibility index (Phi) is 5.62. The van der Waals surface area contributed by atoms with Crippen molar-refractivity contribution in [1.29, 1.82) is 0 Å². The van der Waals surface area contributed by atoms with Gasteiger partial charge in [-0.2, -0.15) is 0 Å². The van der Waals surface area contributed by atoms with Gasteiger partial charge in [0.15, 0.2) is 6.61 Å². The molecular formula is C21H27N3O4. The fourth-order valence-electron chi connectivity index (χ4n) is 4.44. The van der Waals surface area contributed by atoms with Crippen LogP contribution in [0.3, 0.4) is 0 Å². The largest absolute Gasteiger partial charge is 0.482 e. The third kappa shape index (κ3) is 3.90. The van der Waals surface area contributed by atoms with Gasteiger partial charge in [-0.25, -0.2) is 0 Å². The summed E-state index contributed by atoms with van der Waals surface area (Å²) in [7, 11) is 0. The molecule has 1 aromatic carbocycles. The van der Waals surface area contributed by atoms with E-state index in [9.17, 15) is 14.4 Å². The second-order valence-electron chi connectivity index (χ2n) is 7.85. The summed E-state index contributed by atoms with van der Waals surface area (Å²) in [5.41, 5.74) is 1.87. The first-order valence-electron chi connectivity index (χ1n) is 10.2. The van der Waals surface area contributed by atoms with Crippen LogP contribution < -0.4 is 15.4 Å². The molecule has 1 saturated carbocycles. The van der Waals surface area contributed by atoms with E-state index in [-0.39, 0.29) is 36.2 Å². The predicted octanol–water partition coefficient (Wildman–Crippen LogP) is 1.71. The minimum absolute atomic E-state index is 0.0302. The van der Waals surface area contributed by atoms with Crippen LogP contribution in [-0.2, 0) is 20.8 Å². The first kappa shape index (κ1) is 18.9. The molecule has 0 spiro atoms. The molecule has 0 radical (unpaired) electrons. The van der Waals surface area contributed by atoms with Crippen LogP contribution in [0.2, 0.25) is 0 Å². The number of nitrogens with zero attached hydrogens (tertiary/aromatic N) is 1. The van der Waals surface area contributed by atoms with Gasteiger partial charge in [-0.1, -0.05) is 12.5 Å². The quantitative estimate of drug-likeness (QED) is 0.525. The number of unbranched alkanes of at least 4 members (excludes halogenated alkanes) is 1. The molecular weight excluding hydrogens is 358 g/mol. The van der Waals surface area contributed by atoms with Crippen molar-refractivity contribution in [2.45, 2.75) is 38.5 Å². The van der Waals surface area contributed by atoms with Gasteiger partial charge in [0.05, 0.1) is 17.5 Å². The zero-order valence-electron chi connectivity index (χ0n) is 16.0. The second-order valence-corrected chi connectivity index (χ2v) is 7.85. The van der Waals surface area contributed by atoms with Gasteiger partial charge in [0.25, 0.3) is 5.91 Å². The van der Waals surface area contributed by atoms with Crippen LogP contribution in [0.5, 0.6) is 5.75 Å². The Balaban J connectivity index is 1.13. The zero-order chi connectivity index (χ0) is 19.5. The van der Waals surface area contributed by atoms with Crippen molar-refractivity contribution in [2.75, 3.05) is 31.6 Å². The van der Waals surface area contributed by atoms with Gasteiger partial charge in [-0.3, -0.25) is 19.3 Å². The smallest absolute Gasteiger partial charge is 0.262 e. The standard InChI is InChI=1S/C21H27N3O4/c25-19-13-28-18-7-6-14(12-17(18)23-19)8-10-22-9-1-2-11-24-20(26)15-4-3-5-16(15)21(24)27/h6-7,12,15-16,22H,1-5,8-11,13H2,(H,23,25). The number of carbonyl (C=O) groups excluding carboxylic acids is 3. The van der Waals surface area contributed by atoms with E-state index in [1.54, 1.807) is 0 Å². The Labute approximate surface area is 164 Å². The van der Waals surface area contributed by atoms with Crippen LogP contribution in [0.15, 0.2) is 18.2 Å². The van der Waals surface area contributed by atoms with E-state index in [4.69, 9.17) is 4.74 Å². The van der Waals surface area contributed by atoms with Crippen molar-refractivity contribution in [3.8, 4) is 5.75 Å². The Hall–Kier alpha value is -2.41. The maximum Gasteiger partial charge on any atom is 0.262 e. The minimum Gasteiger partial charge on any atom is -0.482 e. The number of hydrogen-bond donors (Lipinski definition) is 2. The molecule has 7 heteroatoms. The SMILES string of the molecule is O=C1COc2ccc(CCNCCCCN3C(=O)C4CCCC4C3=O)cc2N1. The molecule has 7 nitrogen and oxygen atoms in total.